The molecule has 1 saturated carbocycles. The number of hydrogen-bond donors (Lipinski definition) is 1. The average molecular weight is 282 g/mol. The molecule has 1 fully saturated rings. The van der Waals surface area contributed by atoms with E-state index in [4.69, 9.17) is 5.73 Å². The first-order chi connectivity index (χ1) is 8.80. The van der Waals surface area contributed by atoms with Crippen LogP contribution >= 0.6 is 0 Å². The van der Waals surface area contributed by atoms with Crippen molar-refractivity contribution in [3.05, 3.63) is 23.8 Å². The van der Waals surface area contributed by atoms with Crippen molar-refractivity contribution >= 4 is 15.7 Å². The lowest BCUT2D eigenvalue weighted by Gasteiger charge is -2.26. The van der Waals surface area contributed by atoms with Gasteiger partial charge in [0, 0.05) is 18.3 Å². The number of nitrogens with zero attached hydrogens (tertiary/aromatic N) is 1. The Hall–Kier alpha value is -1.07. The van der Waals surface area contributed by atoms with E-state index in [2.05, 4.69) is 0 Å². The van der Waals surface area contributed by atoms with Crippen molar-refractivity contribution in [3.8, 4) is 0 Å². The van der Waals surface area contributed by atoms with E-state index in [1.165, 1.54) is 0 Å². The van der Waals surface area contributed by atoms with Crippen LogP contribution in [0.4, 0.5) is 5.69 Å². The number of sulfonamides is 1. The Bertz CT molecular complexity index is 543. The molecule has 1 aromatic rings. The summed E-state index contributed by atoms with van der Waals surface area (Å²) in [4.78, 5) is 0.305. The lowest BCUT2D eigenvalue weighted by Crippen LogP contribution is -2.38. The standard InChI is InChI=1S/C14H22N2O2S/c1-10(2)16(9-12-4-5-12)19(17,18)14-7-11(3)6-13(15)8-14/h6-8,10,12H,4-5,9,15H2,1-3H3. The molecule has 2 rings (SSSR count). The molecule has 0 unspecified atom stereocenters. The zero-order chi connectivity index (χ0) is 14.2. The third-order valence-corrected chi connectivity index (χ3v) is 5.41. The maximum atomic E-state index is 12.7. The van der Waals surface area contributed by atoms with E-state index in [0.29, 0.717) is 23.0 Å². The summed E-state index contributed by atoms with van der Waals surface area (Å²) in [6.45, 7) is 6.31. The maximum absolute atomic E-state index is 12.7. The molecule has 0 spiro atoms. The van der Waals surface area contributed by atoms with Gasteiger partial charge in [-0.3, -0.25) is 0 Å². The molecular formula is C14H22N2O2S. The minimum absolute atomic E-state index is 0.0349. The molecule has 0 heterocycles. The molecule has 0 aromatic heterocycles. The third-order valence-electron chi connectivity index (χ3n) is 3.39. The maximum Gasteiger partial charge on any atom is 0.243 e. The number of anilines is 1. The monoisotopic (exact) mass is 282 g/mol. The van der Waals surface area contributed by atoms with Crippen molar-refractivity contribution in [2.45, 2.75) is 44.6 Å². The van der Waals surface area contributed by atoms with Gasteiger partial charge in [-0.2, -0.15) is 4.31 Å². The molecule has 5 heteroatoms. The Morgan fingerprint density at radius 1 is 1.32 bits per heavy atom. The number of hydrogen-bond acceptors (Lipinski definition) is 3. The average Bonchev–Trinajstić information content (AvgIpc) is 3.07. The van der Waals surface area contributed by atoms with E-state index in [-0.39, 0.29) is 6.04 Å². The van der Waals surface area contributed by atoms with Crippen LogP contribution in [0.1, 0.15) is 32.3 Å². The molecule has 106 valence electrons. The van der Waals surface area contributed by atoms with Gasteiger partial charge in [0.15, 0.2) is 0 Å². The summed E-state index contributed by atoms with van der Waals surface area (Å²) in [5.74, 6) is 0.527. The van der Waals surface area contributed by atoms with Crippen molar-refractivity contribution in [1.82, 2.24) is 4.31 Å². The van der Waals surface area contributed by atoms with Gasteiger partial charge in [0.1, 0.15) is 0 Å². The zero-order valence-electron chi connectivity index (χ0n) is 11.8. The van der Waals surface area contributed by atoms with Gasteiger partial charge < -0.3 is 5.73 Å². The fraction of sp³-hybridized carbons (Fsp3) is 0.571. The van der Waals surface area contributed by atoms with Crippen LogP contribution in [-0.4, -0.2) is 25.3 Å². The molecule has 0 bridgehead atoms. The molecule has 1 aliphatic rings. The fourth-order valence-electron chi connectivity index (χ4n) is 2.20. The SMILES string of the molecule is Cc1cc(N)cc(S(=O)(=O)N(CC2CC2)C(C)C)c1. The van der Waals surface area contributed by atoms with Crippen LogP contribution in [0.2, 0.25) is 0 Å². The highest BCUT2D eigenvalue weighted by Crippen LogP contribution is 2.33. The summed E-state index contributed by atoms with van der Waals surface area (Å²) in [7, 11) is -3.45. The predicted octanol–water partition coefficient (Wildman–Crippen LogP) is 2.39. The molecule has 0 atom stereocenters. The molecule has 2 N–H and O–H groups in total. The van der Waals surface area contributed by atoms with Crippen LogP contribution < -0.4 is 5.73 Å². The summed E-state index contributed by atoms with van der Waals surface area (Å²) in [6, 6.07) is 4.98. The largest absolute Gasteiger partial charge is 0.399 e. The van der Waals surface area contributed by atoms with Crippen LogP contribution in [0, 0.1) is 12.8 Å². The lowest BCUT2D eigenvalue weighted by molar-refractivity contribution is 0.341. The van der Waals surface area contributed by atoms with Crippen LogP contribution in [0.3, 0.4) is 0 Å². The van der Waals surface area contributed by atoms with Crippen LogP contribution in [0.15, 0.2) is 23.1 Å². The molecule has 0 saturated heterocycles. The Kier molecular flexibility index (Phi) is 3.87. The number of rotatable bonds is 5. The first-order valence-corrected chi connectivity index (χ1v) is 8.13. The van der Waals surface area contributed by atoms with Crippen molar-refractivity contribution in [2.75, 3.05) is 12.3 Å². The molecule has 4 nitrogen and oxygen atoms in total. The zero-order valence-corrected chi connectivity index (χ0v) is 12.6. The van der Waals surface area contributed by atoms with Gasteiger partial charge >= 0.3 is 0 Å². The molecule has 0 aliphatic heterocycles. The van der Waals surface area contributed by atoms with Gasteiger partial charge in [0.05, 0.1) is 4.90 Å². The first-order valence-electron chi connectivity index (χ1n) is 6.69. The van der Waals surface area contributed by atoms with Crippen molar-refractivity contribution < 1.29 is 8.42 Å². The molecular weight excluding hydrogens is 260 g/mol. The van der Waals surface area contributed by atoms with E-state index < -0.39 is 10.0 Å². The minimum atomic E-state index is -3.45. The van der Waals surface area contributed by atoms with Crippen LogP contribution in [0.25, 0.3) is 0 Å². The molecule has 0 radical (unpaired) electrons. The fourth-order valence-corrected chi connectivity index (χ4v) is 4.06. The Labute approximate surface area is 115 Å². The first kappa shape index (κ1) is 14.3. The van der Waals surface area contributed by atoms with E-state index in [0.717, 1.165) is 18.4 Å². The van der Waals surface area contributed by atoms with Crippen molar-refractivity contribution in [3.63, 3.8) is 0 Å². The number of nitrogens with two attached hydrogens (primary N) is 1. The highest BCUT2D eigenvalue weighted by molar-refractivity contribution is 7.89. The van der Waals surface area contributed by atoms with Gasteiger partial charge in [-0.15, -0.1) is 0 Å². The topological polar surface area (TPSA) is 63.4 Å². The second-order valence-corrected chi connectivity index (χ2v) is 7.58. The molecule has 0 amide bonds. The summed E-state index contributed by atoms with van der Waals surface area (Å²) in [5.41, 5.74) is 7.13. The number of aryl methyl sites for hydroxylation is 1. The van der Waals surface area contributed by atoms with E-state index >= 15 is 0 Å². The predicted molar refractivity (Wildman–Crippen MR) is 77.3 cm³/mol. The molecule has 1 aliphatic carbocycles. The van der Waals surface area contributed by atoms with E-state index in [1.54, 1.807) is 22.5 Å². The van der Waals surface area contributed by atoms with Gasteiger partial charge in [0.2, 0.25) is 10.0 Å². The smallest absolute Gasteiger partial charge is 0.243 e. The van der Waals surface area contributed by atoms with Gasteiger partial charge in [0.25, 0.3) is 0 Å². The number of nitrogen functional groups attached to an aromatic ring is 1. The van der Waals surface area contributed by atoms with Gasteiger partial charge in [-0.05, 0) is 63.3 Å². The van der Waals surface area contributed by atoms with Crippen molar-refractivity contribution in [1.29, 1.82) is 0 Å². The Morgan fingerprint density at radius 3 is 2.42 bits per heavy atom. The summed E-state index contributed by atoms with van der Waals surface area (Å²) in [5, 5.41) is 0. The van der Waals surface area contributed by atoms with E-state index in [9.17, 15) is 8.42 Å². The summed E-state index contributed by atoms with van der Waals surface area (Å²) < 4.78 is 27.0. The van der Waals surface area contributed by atoms with Crippen LogP contribution in [0.5, 0.6) is 0 Å². The van der Waals surface area contributed by atoms with Crippen molar-refractivity contribution in [2.24, 2.45) is 5.92 Å². The highest BCUT2D eigenvalue weighted by atomic mass is 32.2. The summed E-state index contributed by atoms with van der Waals surface area (Å²) >= 11 is 0. The van der Waals surface area contributed by atoms with Gasteiger partial charge in [-0.1, -0.05) is 0 Å². The molecule has 19 heavy (non-hydrogen) atoms. The normalized spacial score (nSPS) is 16.3. The van der Waals surface area contributed by atoms with Crippen LogP contribution in [-0.2, 0) is 10.0 Å². The minimum Gasteiger partial charge on any atom is -0.399 e. The van der Waals surface area contributed by atoms with Gasteiger partial charge in [-0.25, -0.2) is 8.42 Å². The Morgan fingerprint density at radius 2 is 1.95 bits per heavy atom. The third kappa shape index (κ3) is 3.28. The quantitative estimate of drug-likeness (QED) is 0.843. The highest BCUT2D eigenvalue weighted by Gasteiger charge is 2.33. The second kappa shape index (κ2) is 5.13. The number of benzene rings is 1. The molecule has 1 aromatic carbocycles. The Balaban J connectivity index is 2.37. The summed E-state index contributed by atoms with van der Waals surface area (Å²) in [6.07, 6.45) is 2.27. The van der Waals surface area contributed by atoms with E-state index in [1.807, 2.05) is 20.8 Å². The second-order valence-electron chi connectivity index (χ2n) is 5.69. The lowest BCUT2D eigenvalue weighted by atomic mass is 10.2.